The van der Waals surface area contributed by atoms with Gasteiger partial charge in [0, 0.05) is 19.3 Å². The minimum Gasteiger partial charge on any atom is -0.481 e. The number of hydrogen-bond donors (Lipinski definition) is 3. The highest BCUT2D eigenvalue weighted by Crippen LogP contribution is 2.10. The second kappa shape index (κ2) is 6.77. The lowest BCUT2D eigenvalue weighted by atomic mass is 9.96. The number of nitrogens with zero attached hydrogens (tertiary/aromatic N) is 2. The number of amides is 2. The Morgan fingerprint density at radius 2 is 2.16 bits per heavy atom. The van der Waals surface area contributed by atoms with Crippen molar-refractivity contribution in [2.45, 2.75) is 27.3 Å². The molecule has 0 radical (unpaired) electrons. The van der Waals surface area contributed by atoms with Crippen molar-refractivity contribution >= 4 is 17.7 Å². The van der Waals surface area contributed by atoms with Crippen molar-refractivity contribution in [2.75, 3.05) is 11.9 Å². The van der Waals surface area contributed by atoms with E-state index in [9.17, 15) is 9.59 Å². The monoisotopic (exact) mass is 268 g/mol. The van der Waals surface area contributed by atoms with Crippen LogP contribution in [-0.2, 0) is 11.3 Å². The Morgan fingerprint density at radius 1 is 1.47 bits per heavy atom. The van der Waals surface area contributed by atoms with Crippen LogP contribution in [0, 0.1) is 11.8 Å². The number of carboxylic acids is 1. The summed E-state index contributed by atoms with van der Waals surface area (Å²) in [6, 6.07) is -0.428. The molecular formula is C12H20N4O3. The zero-order valence-electron chi connectivity index (χ0n) is 11.4. The van der Waals surface area contributed by atoms with E-state index in [0.29, 0.717) is 5.69 Å². The third-order valence-corrected chi connectivity index (χ3v) is 2.82. The Balaban J connectivity index is 2.44. The number of carbonyl (C=O) groups is 2. The molecule has 3 N–H and O–H groups in total. The fraction of sp³-hybridized carbons (Fsp3) is 0.583. The average molecular weight is 268 g/mol. The molecule has 1 aromatic heterocycles. The van der Waals surface area contributed by atoms with Gasteiger partial charge in [-0.15, -0.1) is 0 Å². The van der Waals surface area contributed by atoms with Crippen LogP contribution in [-0.4, -0.2) is 33.4 Å². The first-order valence-electron chi connectivity index (χ1n) is 6.24. The van der Waals surface area contributed by atoms with E-state index in [4.69, 9.17) is 5.11 Å². The highest BCUT2D eigenvalue weighted by Gasteiger charge is 2.21. The second-order valence-corrected chi connectivity index (χ2v) is 4.61. The molecule has 0 aliphatic rings. The molecule has 1 heterocycles. The van der Waals surface area contributed by atoms with E-state index in [2.05, 4.69) is 15.7 Å². The van der Waals surface area contributed by atoms with E-state index in [-0.39, 0.29) is 12.5 Å². The van der Waals surface area contributed by atoms with Gasteiger partial charge in [-0.05, 0) is 12.8 Å². The zero-order chi connectivity index (χ0) is 14.4. The van der Waals surface area contributed by atoms with Crippen LogP contribution in [0.15, 0.2) is 12.4 Å². The van der Waals surface area contributed by atoms with Gasteiger partial charge in [0.25, 0.3) is 0 Å². The Bertz CT molecular complexity index is 442. The quantitative estimate of drug-likeness (QED) is 0.726. The second-order valence-electron chi connectivity index (χ2n) is 4.61. The molecule has 1 aromatic rings. The Labute approximate surface area is 112 Å². The number of urea groups is 1. The maximum Gasteiger partial charge on any atom is 0.319 e. The molecule has 0 fully saturated rings. The first kappa shape index (κ1) is 15.0. The van der Waals surface area contributed by atoms with E-state index >= 15 is 0 Å². The average Bonchev–Trinajstić information content (AvgIpc) is 2.75. The number of rotatable bonds is 6. The molecule has 0 aliphatic carbocycles. The van der Waals surface area contributed by atoms with Crippen molar-refractivity contribution in [3.05, 3.63) is 12.4 Å². The van der Waals surface area contributed by atoms with Crippen molar-refractivity contribution in [3.8, 4) is 0 Å². The summed E-state index contributed by atoms with van der Waals surface area (Å²) < 4.78 is 1.68. The number of nitrogens with one attached hydrogen (secondary N) is 2. The number of anilines is 1. The van der Waals surface area contributed by atoms with Crippen LogP contribution < -0.4 is 10.6 Å². The molecule has 1 rings (SSSR count). The third kappa shape index (κ3) is 4.61. The van der Waals surface area contributed by atoms with Crippen molar-refractivity contribution < 1.29 is 14.7 Å². The number of aliphatic carboxylic acids is 1. The normalized spacial score (nSPS) is 12.2. The fourth-order valence-electron chi connectivity index (χ4n) is 1.59. The van der Waals surface area contributed by atoms with Crippen LogP contribution in [0.3, 0.4) is 0 Å². The van der Waals surface area contributed by atoms with Crippen molar-refractivity contribution in [1.82, 2.24) is 15.1 Å². The summed E-state index contributed by atoms with van der Waals surface area (Å²) >= 11 is 0. The van der Waals surface area contributed by atoms with Crippen LogP contribution in [0.2, 0.25) is 0 Å². The van der Waals surface area contributed by atoms with Crippen LogP contribution >= 0.6 is 0 Å². The molecule has 19 heavy (non-hydrogen) atoms. The predicted molar refractivity (Wildman–Crippen MR) is 70.9 cm³/mol. The van der Waals surface area contributed by atoms with E-state index < -0.39 is 17.9 Å². The van der Waals surface area contributed by atoms with E-state index in [0.717, 1.165) is 6.54 Å². The summed E-state index contributed by atoms with van der Waals surface area (Å²) in [6.07, 6.45) is 3.25. The number of carbonyl (C=O) groups excluding carboxylic acids is 1. The van der Waals surface area contributed by atoms with Gasteiger partial charge < -0.3 is 15.7 Å². The van der Waals surface area contributed by atoms with E-state index in [1.54, 1.807) is 17.1 Å². The minimum absolute atomic E-state index is 0.0411. The van der Waals surface area contributed by atoms with Gasteiger partial charge in [0.2, 0.25) is 0 Å². The zero-order valence-corrected chi connectivity index (χ0v) is 11.4. The lowest BCUT2D eigenvalue weighted by molar-refractivity contribution is -0.142. The smallest absolute Gasteiger partial charge is 0.319 e. The molecule has 0 aliphatic heterocycles. The molecule has 7 nitrogen and oxygen atoms in total. The van der Waals surface area contributed by atoms with Crippen LogP contribution in [0.5, 0.6) is 0 Å². The summed E-state index contributed by atoms with van der Waals surface area (Å²) in [5.41, 5.74) is 0.579. The SMILES string of the molecule is CCn1cc(NC(=O)NCC(C(=O)O)C(C)C)cn1. The first-order chi connectivity index (χ1) is 8.93. The highest BCUT2D eigenvalue weighted by molar-refractivity contribution is 5.89. The maximum absolute atomic E-state index is 11.6. The topological polar surface area (TPSA) is 96.2 Å². The molecule has 2 amide bonds. The lowest BCUT2D eigenvalue weighted by Crippen LogP contribution is -2.37. The van der Waals surface area contributed by atoms with Crippen molar-refractivity contribution in [2.24, 2.45) is 11.8 Å². The molecule has 0 saturated heterocycles. The number of aryl methyl sites for hydroxylation is 1. The summed E-state index contributed by atoms with van der Waals surface area (Å²) in [5, 5.41) is 18.2. The number of carboxylic acid groups (broad SMARTS) is 1. The molecule has 0 aromatic carbocycles. The molecule has 1 unspecified atom stereocenters. The Kier molecular flexibility index (Phi) is 5.35. The van der Waals surface area contributed by atoms with Gasteiger partial charge in [0.05, 0.1) is 17.8 Å². The predicted octanol–water partition coefficient (Wildman–Crippen LogP) is 1.38. The van der Waals surface area contributed by atoms with Gasteiger partial charge in [-0.1, -0.05) is 13.8 Å². The molecular weight excluding hydrogens is 248 g/mol. The summed E-state index contributed by atoms with van der Waals surface area (Å²) in [7, 11) is 0. The summed E-state index contributed by atoms with van der Waals surface area (Å²) in [5.74, 6) is -1.54. The Hall–Kier alpha value is -2.05. The Morgan fingerprint density at radius 3 is 2.63 bits per heavy atom. The standard InChI is InChI=1S/C12H20N4O3/c1-4-16-7-9(5-14-16)15-12(19)13-6-10(8(2)3)11(17)18/h5,7-8,10H,4,6H2,1-3H3,(H,17,18)(H2,13,15,19). The van der Waals surface area contributed by atoms with E-state index in [1.165, 1.54) is 0 Å². The van der Waals surface area contributed by atoms with Gasteiger partial charge in [-0.2, -0.15) is 5.10 Å². The largest absolute Gasteiger partial charge is 0.481 e. The van der Waals surface area contributed by atoms with Gasteiger partial charge >= 0.3 is 12.0 Å². The summed E-state index contributed by atoms with van der Waals surface area (Å²) in [6.45, 7) is 6.38. The molecule has 1 atom stereocenters. The van der Waals surface area contributed by atoms with Gasteiger partial charge in [-0.3, -0.25) is 9.48 Å². The molecule has 0 bridgehead atoms. The van der Waals surface area contributed by atoms with Gasteiger partial charge in [0.15, 0.2) is 0 Å². The van der Waals surface area contributed by atoms with Crippen LogP contribution in [0.25, 0.3) is 0 Å². The molecule has 106 valence electrons. The first-order valence-corrected chi connectivity index (χ1v) is 6.24. The fourth-order valence-corrected chi connectivity index (χ4v) is 1.59. The van der Waals surface area contributed by atoms with E-state index in [1.807, 2.05) is 20.8 Å². The maximum atomic E-state index is 11.6. The van der Waals surface area contributed by atoms with Gasteiger partial charge in [-0.25, -0.2) is 4.79 Å². The number of aromatic nitrogens is 2. The van der Waals surface area contributed by atoms with Crippen molar-refractivity contribution in [3.63, 3.8) is 0 Å². The number of hydrogen-bond acceptors (Lipinski definition) is 3. The molecule has 0 saturated carbocycles. The minimum atomic E-state index is -0.908. The molecule has 0 spiro atoms. The summed E-state index contributed by atoms with van der Waals surface area (Å²) in [4.78, 5) is 22.6. The highest BCUT2D eigenvalue weighted by atomic mass is 16.4. The lowest BCUT2D eigenvalue weighted by Gasteiger charge is -2.16. The van der Waals surface area contributed by atoms with Crippen LogP contribution in [0.4, 0.5) is 10.5 Å². The third-order valence-electron chi connectivity index (χ3n) is 2.82. The molecule has 7 heteroatoms. The van der Waals surface area contributed by atoms with Crippen LogP contribution in [0.1, 0.15) is 20.8 Å². The van der Waals surface area contributed by atoms with Gasteiger partial charge in [0.1, 0.15) is 0 Å². The van der Waals surface area contributed by atoms with Crippen molar-refractivity contribution in [1.29, 1.82) is 0 Å².